The normalized spacial score (nSPS) is 19.1. The molecule has 1 nitrogen and oxygen atoms in total. The molecule has 0 amide bonds. The van der Waals surface area contributed by atoms with E-state index in [4.69, 9.17) is 16.3 Å². The maximum absolute atomic E-state index is 5.40. The van der Waals surface area contributed by atoms with E-state index in [9.17, 15) is 0 Å². The van der Waals surface area contributed by atoms with E-state index in [2.05, 4.69) is 12.2 Å². The van der Waals surface area contributed by atoms with Crippen molar-refractivity contribution in [2.24, 2.45) is 5.92 Å². The fraction of sp³-hybridized carbons (Fsp3) is 0.889. The summed E-state index contributed by atoms with van der Waals surface area (Å²) in [6, 6.07) is 0. The van der Waals surface area contributed by atoms with Crippen LogP contribution in [0.25, 0.3) is 0 Å². The summed E-state index contributed by atoms with van der Waals surface area (Å²) in [7, 11) is 0. The topological polar surface area (TPSA) is 9.23 Å². The zero-order valence-electron chi connectivity index (χ0n) is 7.22. The van der Waals surface area contributed by atoms with Crippen molar-refractivity contribution in [3.63, 3.8) is 0 Å². The van der Waals surface area contributed by atoms with Crippen LogP contribution in [-0.4, -0.2) is 11.1 Å². The first-order valence-corrected chi connectivity index (χ1v) is 5.40. The fourth-order valence-electron chi connectivity index (χ4n) is 1.78. The highest BCUT2D eigenvalue weighted by molar-refractivity contribution is 7.82. The highest BCUT2D eigenvalue weighted by Crippen LogP contribution is 2.26. The van der Waals surface area contributed by atoms with Gasteiger partial charge in [0.15, 0.2) is 0 Å². The summed E-state index contributed by atoms with van der Waals surface area (Å²) in [5.74, 6) is 0.852. The van der Waals surface area contributed by atoms with Gasteiger partial charge in [-0.05, 0) is 36.2 Å². The molecule has 1 aliphatic carbocycles. The van der Waals surface area contributed by atoms with Gasteiger partial charge in [-0.15, -0.1) is 0 Å². The average molecular weight is 207 g/mol. The highest BCUT2D eigenvalue weighted by Gasteiger charge is 2.12. The first-order chi connectivity index (χ1) is 5.79. The molecule has 0 unspecified atom stereocenters. The molecule has 0 N–H and O–H groups in total. The SMILES string of the molecule is S=C(Cl)OCCC1CCCCC1. The minimum absolute atomic E-state index is 0.158. The van der Waals surface area contributed by atoms with Crippen LogP contribution >= 0.6 is 23.8 Å². The molecule has 0 aromatic heterocycles. The maximum Gasteiger partial charge on any atom is 0.255 e. The average Bonchev–Trinajstić information content (AvgIpc) is 2.05. The molecule has 0 aromatic rings. The number of ether oxygens (including phenoxy) is 1. The quantitative estimate of drug-likeness (QED) is 0.517. The van der Waals surface area contributed by atoms with Gasteiger partial charge in [0.1, 0.15) is 0 Å². The molecule has 0 bridgehead atoms. The van der Waals surface area contributed by atoms with E-state index in [0.717, 1.165) is 12.3 Å². The van der Waals surface area contributed by atoms with Crippen LogP contribution in [0, 0.1) is 5.92 Å². The fourth-order valence-corrected chi connectivity index (χ4v) is 1.94. The molecule has 1 fully saturated rings. The van der Waals surface area contributed by atoms with Crippen molar-refractivity contribution in [2.75, 3.05) is 6.61 Å². The predicted octanol–water partition coefficient (Wildman–Crippen LogP) is 3.50. The molecule has 0 heterocycles. The van der Waals surface area contributed by atoms with E-state index < -0.39 is 0 Å². The molecule has 0 atom stereocenters. The van der Waals surface area contributed by atoms with Gasteiger partial charge in [0.05, 0.1) is 6.61 Å². The number of rotatable bonds is 3. The molecular weight excluding hydrogens is 192 g/mol. The molecular formula is C9H15ClOS. The van der Waals surface area contributed by atoms with Crippen LogP contribution in [0.4, 0.5) is 0 Å². The van der Waals surface area contributed by atoms with Gasteiger partial charge in [0.2, 0.25) is 0 Å². The second-order valence-corrected chi connectivity index (χ2v) is 4.32. The molecule has 12 heavy (non-hydrogen) atoms. The molecule has 0 aromatic carbocycles. The lowest BCUT2D eigenvalue weighted by molar-refractivity contribution is 0.246. The lowest BCUT2D eigenvalue weighted by Gasteiger charge is -2.20. The molecule has 0 aliphatic heterocycles. The summed E-state index contributed by atoms with van der Waals surface area (Å²) in [6.45, 7) is 0.701. The van der Waals surface area contributed by atoms with E-state index in [-0.39, 0.29) is 4.51 Å². The van der Waals surface area contributed by atoms with Crippen molar-refractivity contribution < 1.29 is 4.74 Å². The minimum atomic E-state index is 0.158. The minimum Gasteiger partial charge on any atom is -0.475 e. The Hall–Kier alpha value is 0.180. The first kappa shape index (κ1) is 10.3. The van der Waals surface area contributed by atoms with Gasteiger partial charge in [-0.1, -0.05) is 32.1 Å². The van der Waals surface area contributed by atoms with Crippen molar-refractivity contribution in [1.29, 1.82) is 0 Å². The van der Waals surface area contributed by atoms with Gasteiger partial charge in [0, 0.05) is 0 Å². The van der Waals surface area contributed by atoms with Gasteiger partial charge < -0.3 is 4.74 Å². The molecule has 3 heteroatoms. The van der Waals surface area contributed by atoms with E-state index in [1.54, 1.807) is 0 Å². The van der Waals surface area contributed by atoms with E-state index in [1.165, 1.54) is 32.1 Å². The molecule has 0 radical (unpaired) electrons. The zero-order chi connectivity index (χ0) is 8.81. The predicted molar refractivity (Wildman–Crippen MR) is 55.6 cm³/mol. The Balaban J connectivity index is 2.01. The van der Waals surface area contributed by atoms with Gasteiger partial charge in [-0.3, -0.25) is 0 Å². The summed E-state index contributed by atoms with van der Waals surface area (Å²) in [6.07, 6.45) is 8.01. The summed E-state index contributed by atoms with van der Waals surface area (Å²) in [4.78, 5) is 0. The Bertz CT molecular complexity index is 143. The molecule has 70 valence electrons. The summed E-state index contributed by atoms with van der Waals surface area (Å²) in [5, 5.41) is 0. The van der Waals surface area contributed by atoms with Crippen LogP contribution in [0.3, 0.4) is 0 Å². The Kier molecular flexibility index (Phi) is 4.93. The maximum atomic E-state index is 5.40. The number of hydrogen-bond acceptors (Lipinski definition) is 2. The zero-order valence-corrected chi connectivity index (χ0v) is 8.79. The molecule has 0 spiro atoms. The third-order valence-electron chi connectivity index (χ3n) is 2.47. The van der Waals surface area contributed by atoms with Crippen LogP contribution in [0.2, 0.25) is 0 Å². The van der Waals surface area contributed by atoms with E-state index >= 15 is 0 Å². The van der Waals surface area contributed by atoms with Gasteiger partial charge in [-0.2, -0.15) is 0 Å². The largest absolute Gasteiger partial charge is 0.475 e. The van der Waals surface area contributed by atoms with E-state index in [1.807, 2.05) is 0 Å². The molecule has 1 aliphatic rings. The van der Waals surface area contributed by atoms with Crippen LogP contribution < -0.4 is 0 Å². The number of thiocarbonyl (C=S) groups is 1. The summed E-state index contributed by atoms with van der Waals surface area (Å²) in [5.41, 5.74) is 0. The number of hydrogen-bond donors (Lipinski definition) is 0. The molecule has 1 saturated carbocycles. The van der Waals surface area contributed by atoms with Crippen molar-refractivity contribution in [3.05, 3.63) is 0 Å². The smallest absolute Gasteiger partial charge is 0.255 e. The summed E-state index contributed by atoms with van der Waals surface area (Å²) < 4.78 is 5.20. The van der Waals surface area contributed by atoms with Crippen LogP contribution in [-0.2, 0) is 4.74 Å². The van der Waals surface area contributed by atoms with Gasteiger partial charge in [-0.25, -0.2) is 0 Å². The summed E-state index contributed by atoms with van der Waals surface area (Å²) >= 11 is 10.0. The van der Waals surface area contributed by atoms with E-state index in [0.29, 0.717) is 6.61 Å². The second-order valence-electron chi connectivity index (χ2n) is 3.38. The molecule has 0 saturated heterocycles. The lowest BCUT2D eigenvalue weighted by Crippen LogP contribution is -2.09. The van der Waals surface area contributed by atoms with Crippen molar-refractivity contribution in [3.8, 4) is 0 Å². The lowest BCUT2D eigenvalue weighted by atomic mass is 9.87. The Labute approximate surface area is 84.4 Å². The van der Waals surface area contributed by atoms with Crippen LogP contribution in [0.1, 0.15) is 38.5 Å². The molecule has 1 rings (SSSR count). The Morgan fingerprint density at radius 1 is 1.33 bits per heavy atom. The third-order valence-corrected chi connectivity index (χ3v) is 2.69. The standard InChI is InChI=1S/C9H15ClOS/c10-9(12)11-7-6-8-4-2-1-3-5-8/h8H,1-7H2. The number of halogens is 1. The highest BCUT2D eigenvalue weighted by atomic mass is 35.5. The van der Waals surface area contributed by atoms with Crippen molar-refractivity contribution >= 4 is 28.3 Å². The van der Waals surface area contributed by atoms with Crippen molar-refractivity contribution in [1.82, 2.24) is 0 Å². The van der Waals surface area contributed by atoms with Gasteiger partial charge >= 0.3 is 0 Å². The van der Waals surface area contributed by atoms with Crippen molar-refractivity contribution in [2.45, 2.75) is 38.5 Å². The first-order valence-electron chi connectivity index (χ1n) is 4.61. The van der Waals surface area contributed by atoms with Crippen LogP contribution in [0.5, 0.6) is 0 Å². The monoisotopic (exact) mass is 206 g/mol. The van der Waals surface area contributed by atoms with Gasteiger partial charge in [0.25, 0.3) is 4.51 Å². The second kappa shape index (κ2) is 5.76. The Morgan fingerprint density at radius 3 is 2.58 bits per heavy atom. The third kappa shape index (κ3) is 4.27. The Morgan fingerprint density at radius 2 is 2.00 bits per heavy atom. The van der Waals surface area contributed by atoms with Crippen LogP contribution in [0.15, 0.2) is 0 Å².